The number of fused-ring (bicyclic) bond motifs is 2. The zero-order valence-electron chi connectivity index (χ0n) is 31.7. The standard InChI is InChI=1S/C50H40N2O4P2/c53-47-43-35-45-46(50(56)52(49(45)55)32-34-58(40-25-13-4-14-26-40,41-27-15-5-16-28-41)42-29-17-6-18-30-42)36-44(43)48(54)51(47)31-33-57(37-19-7-1-8-20-37,38-21-9-2-10-22-38)39-23-11-3-12-24-39/h1-30,35-36H,31-34H2/q+2. The van der Waals surface area contributed by atoms with Crippen LogP contribution >= 0.6 is 14.5 Å². The second-order valence-corrected chi connectivity index (χ2v) is 21.8. The minimum absolute atomic E-state index is 0.162. The first-order chi connectivity index (χ1) is 28.4. The lowest BCUT2D eigenvalue weighted by molar-refractivity contribution is 0.726. The lowest BCUT2D eigenvalue weighted by Gasteiger charge is -2.27. The van der Waals surface area contributed by atoms with Gasteiger partial charge in [0.05, 0.1) is 47.0 Å². The third kappa shape index (κ3) is 6.21. The van der Waals surface area contributed by atoms with E-state index in [2.05, 4.69) is 72.8 Å². The summed E-state index contributed by atoms with van der Waals surface area (Å²) in [6, 6.07) is 64.9. The summed E-state index contributed by atoms with van der Waals surface area (Å²) in [5.74, 6) is 0. The van der Waals surface area contributed by atoms with E-state index in [1.165, 1.54) is 21.3 Å². The summed E-state index contributed by atoms with van der Waals surface area (Å²) < 4.78 is 2.60. The van der Waals surface area contributed by atoms with Crippen molar-refractivity contribution in [2.45, 2.75) is 13.1 Å². The second-order valence-electron chi connectivity index (χ2n) is 14.5. The molecule has 0 saturated carbocycles. The molecular weight excluding hydrogens is 755 g/mol. The quantitative estimate of drug-likeness (QED) is 0.145. The van der Waals surface area contributed by atoms with Crippen molar-refractivity contribution in [2.75, 3.05) is 12.3 Å². The highest BCUT2D eigenvalue weighted by Gasteiger charge is 2.46. The van der Waals surface area contributed by atoms with Crippen molar-refractivity contribution >= 4 is 67.9 Å². The molecule has 9 aromatic rings. The Balaban J connectivity index is 1.12. The normalized spacial score (nSPS) is 12.0. The van der Waals surface area contributed by atoms with E-state index in [9.17, 15) is 19.2 Å². The number of nitrogens with zero attached hydrogens (tertiary/aromatic N) is 2. The van der Waals surface area contributed by atoms with Gasteiger partial charge in [0.2, 0.25) is 0 Å². The largest absolute Gasteiger partial charge is 0.271 e. The molecule has 0 unspecified atom stereocenters. The number of rotatable bonds is 12. The Bertz CT molecular complexity index is 2590. The summed E-state index contributed by atoms with van der Waals surface area (Å²) in [5, 5.41) is 7.55. The summed E-state index contributed by atoms with van der Waals surface area (Å²) in [6.07, 6.45) is 1.05. The molecule has 2 heterocycles. The van der Waals surface area contributed by atoms with E-state index in [1.807, 2.05) is 109 Å². The Hall–Kier alpha value is -6.32. The van der Waals surface area contributed by atoms with Gasteiger partial charge in [0.15, 0.2) is 0 Å². The Morgan fingerprint density at radius 3 is 0.672 bits per heavy atom. The molecule has 0 N–H and O–H groups in total. The predicted octanol–water partition coefficient (Wildman–Crippen LogP) is 5.90. The van der Waals surface area contributed by atoms with E-state index < -0.39 is 36.8 Å². The molecule has 282 valence electrons. The van der Waals surface area contributed by atoms with Crippen molar-refractivity contribution in [3.05, 3.63) is 236 Å². The maximum atomic E-state index is 14.2. The summed E-state index contributed by atoms with van der Waals surface area (Å²) in [5.41, 5.74) is -1.79. The zero-order valence-corrected chi connectivity index (χ0v) is 33.5. The van der Waals surface area contributed by atoms with Gasteiger partial charge in [-0.05, 0) is 84.9 Å². The highest BCUT2D eigenvalue weighted by molar-refractivity contribution is 7.96. The van der Waals surface area contributed by atoms with E-state index in [0.29, 0.717) is 12.3 Å². The van der Waals surface area contributed by atoms with Crippen LogP contribution in [0.3, 0.4) is 0 Å². The van der Waals surface area contributed by atoms with E-state index >= 15 is 0 Å². The van der Waals surface area contributed by atoms with Crippen LogP contribution in [-0.2, 0) is 13.1 Å². The summed E-state index contributed by atoms with van der Waals surface area (Å²) >= 11 is 0. The summed E-state index contributed by atoms with van der Waals surface area (Å²) in [4.78, 5) is 57.0. The van der Waals surface area contributed by atoms with Gasteiger partial charge < -0.3 is 0 Å². The lowest BCUT2D eigenvalue weighted by Crippen LogP contribution is -2.37. The highest BCUT2D eigenvalue weighted by atomic mass is 31.2. The monoisotopic (exact) mass is 794 g/mol. The Morgan fingerprint density at radius 2 is 0.483 bits per heavy atom. The zero-order chi connectivity index (χ0) is 39.7. The van der Waals surface area contributed by atoms with Crippen LogP contribution in [0.15, 0.2) is 213 Å². The molecular formula is C50H40N2O4P2+2. The van der Waals surface area contributed by atoms with Crippen molar-refractivity contribution in [3.8, 4) is 0 Å². The van der Waals surface area contributed by atoms with Crippen LogP contribution in [0.1, 0.15) is 0 Å². The third-order valence-electron chi connectivity index (χ3n) is 11.6. The number of aromatic nitrogens is 2. The van der Waals surface area contributed by atoms with Crippen LogP contribution in [0.4, 0.5) is 0 Å². The third-order valence-corrected chi connectivity index (χ3v) is 20.4. The smallest absolute Gasteiger partial charge is 0.261 e. The van der Waals surface area contributed by atoms with Gasteiger partial charge in [-0.2, -0.15) is 0 Å². The maximum absolute atomic E-state index is 14.2. The van der Waals surface area contributed by atoms with Gasteiger partial charge in [-0.15, -0.1) is 0 Å². The molecule has 0 bridgehead atoms. The van der Waals surface area contributed by atoms with Crippen LogP contribution in [-0.4, -0.2) is 21.5 Å². The van der Waals surface area contributed by atoms with Crippen LogP contribution in [0.2, 0.25) is 0 Å². The topological polar surface area (TPSA) is 78.1 Å². The first-order valence-corrected chi connectivity index (χ1v) is 23.4. The average Bonchev–Trinajstić information content (AvgIpc) is 3.67. The van der Waals surface area contributed by atoms with Crippen molar-refractivity contribution < 1.29 is 0 Å². The van der Waals surface area contributed by atoms with Crippen molar-refractivity contribution in [1.82, 2.24) is 9.13 Å². The molecule has 6 nitrogen and oxygen atoms in total. The fourth-order valence-corrected chi connectivity index (χ4v) is 17.2. The Kier molecular flexibility index (Phi) is 9.99. The second kappa shape index (κ2) is 15.6. The summed E-state index contributed by atoms with van der Waals surface area (Å²) in [6.45, 7) is 0.337. The summed E-state index contributed by atoms with van der Waals surface area (Å²) in [7, 11) is -4.69. The fraction of sp³-hybridized carbons (Fsp3) is 0.0800. The number of hydrogen-bond donors (Lipinski definition) is 0. The average molecular weight is 795 g/mol. The van der Waals surface area contributed by atoms with Crippen molar-refractivity contribution in [2.24, 2.45) is 0 Å². The molecule has 2 aromatic heterocycles. The molecule has 7 aromatic carbocycles. The van der Waals surface area contributed by atoms with Gasteiger partial charge in [0.1, 0.15) is 46.4 Å². The predicted molar refractivity (Wildman–Crippen MR) is 245 cm³/mol. The van der Waals surface area contributed by atoms with E-state index in [1.54, 1.807) is 0 Å². The van der Waals surface area contributed by atoms with E-state index in [4.69, 9.17) is 0 Å². The molecule has 0 spiro atoms. The molecule has 0 amide bonds. The minimum Gasteiger partial charge on any atom is -0.271 e. The lowest BCUT2D eigenvalue weighted by atomic mass is 10.1. The van der Waals surface area contributed by atoms with Crippen LogP contribution < -0.4 is 54.1 Å². The Morgan fingerprint density at radius 1 is 0.293 bits per heavy atom. The highest BCUT2D eigenvalue weighted by Crippen LogP contribution is 2.56. The van der Waals surface area contributed by atoms with Crippen molar-refractivity contribution in [3.63, 3.8) is 0 Å². The van der Waals surface area contributed by atoms with Gasteiger partial charge in [-0.25, -0.2) is 0 Å². The molecule has 9 rings (SSSR count). The van der Waals surface area contributed by atoms with Crippen LogP contribution in [0.5, 0.6) is 0 Å². The molecule has 0 aliphatic heterocycles. The van der Waals surface area contributed by atoms with Crippen LogP contribution in [0.25, 0.3) is 21.5 Å². The SMILES string of the molecule is O=c1c2cc3c(=O)n(CC[P+](c4ccccc4)(c4ccccc4)c4ccccc4)c(=O)c3cc2c(=O)n1CC[P+](c1ccccc1)(c1ccccc1)c1ccccc1. The molecule has 0 atom stereocenters. The molecule has 0 fully saturated rings. The maximum Gasteiger partial charge on any atom is 0.261 e. The number of benzene rings is 7. The molecule has 0 saturated heterocycles. The van der Waals surface area contributed by atoms with Gasteiger partial charge in [0.25, 0.3) is 22.2 Å². The molecule has 8 heteroatoms. The van der Waals surface area contributed by atoms with Gasteiger partial charge >= 0.3 is 0 Å². The first-order valence-electron chi connectivity index (χ1n) is 19.4. The van der Waals surface area contributed by atoms with Gasteiger partial charge in [-0.3, -0.25) is 28.3 Å². The van der Waals surface area contributed by atoms with Gasteiger partial charge in [0, 0.05) is 0 Å². The fourth-order valence-electron chi connectivity index (χ4n) is 8.74. The van der Waals surface area contributed by atoms with E-state index in [-0.39, 0.29) is 34.6 Å². The van der Waals surface area contributed by atoms with Crippen LogP contribution in [0, 0.1) is 0 Å². The van der Waals surface area contributed by atoms with E-state index in [0.717, 1.165) is 31.8 Å². The Labute approximate surface area is 336 Å². The molecule has 58 heavy (non-hydrogen) atoms. The molecule has 0 aliphatic carbocycles. The van der Waals surface area contributed by atoms with Gasteiger partial charge in [-0.1, -0.05) is 109 Å². The molecule has 0 aliphatic rings. The number of hydrogen-bond acceptors (Lipinski definition) is 4. The molecule has 0 radical (unpaired) electrons. The first kappa shape index (κ1) is 37.3. The van der Waals surface area contributed by atoms with Crippen molar-refractivity contribution in [1.29, 1.82) is 0 Å². The minimum atomic E-state index is -2.34.